The fourth-order valence-corrected chi connectivity index (χ4v) is 2.13. The minimum absolute atomic E-state index is 0.0337. The number of nitrogens with one attached hydrogen (secondary N) is 2. The summed E-state index contributed by atoms with van der Waals surface area (Å²) in [5.74, 6) is 0.818. The molecular weight excluding hydrogens is 240 g/mol. The van der Waals surface area contributed by atoms with Gasteiger partial charge in [0.1, 0.15) is 5.75 Å². The van der Waals surface area contributed by atoms with Gasteiger partial charge in [-0.2, -0.15) is 0 Å². The van der Waals surface area contributed by atoms with Crippen LogP contribution in [0.15, 0.2) is 12.1 Å². The van der Waals surface area contributed by atoms with Gasteiger partial charge in [0.05, 0.1) is 0 Å². The Labute approximate surface area is 114 Å². The average molecular weight is 262 g/mol. The van der Waals surface area contributed by atoms with Crippen LogP contribution < -0.4 is 15.4 Å². The van der Waals surface area contributed by atoms with Gasteiger partial charge in [-0.15, -0.1) is 0 Å². The van der Waals surface area contributed by atoms with Crippen molar-refractivity contribution in [3.8, 4) is 5.75 Å². The molecule has 0 spiro atoms. The summed E-state index contributed by atoms with van der Waals surface area (Å²) in [4.78, 5) is 12.0. The van der Waals surface area contributed by atoms with Gasteiger partial charge in [0.25, 0.3) is 5.91 Å². The molecule has 19 heavy (non-hydrogen) atoms. The number of carbonyl (C=O) groups excluding carboxylic acids is 1. The smallest absolute Gasteiger partial charge is 0.261 e. The number of fused-ring (bicyclic) bond motifs is 1. The predicted octanol–water partition coefficient (Wildman–Crippen LogP) is 1.33. The zero-order valence-electron chi connectivity index (χ0n) is 12.0. The van der Waals surface area contributed by atoms with Gasteiger partial charge in [0.15, 0.2) is 6.10 Å². The molecule has 0 aliphatic carbocycles. The highest BCUT2D eigenvalue weighted by Gasteiger charge is 2.29. The number of amides is 1. The fourth-order valence-electron chi connectivity index (χ4n) is 2.13. The fraction of sp³-hybridized carbons (Fsp3) is 0.533. The van der Waals surface area contributed by atoms with E-state index in [0.29, 0.717) is 13.0 Å². The number of benzene rings is 1. The van der Waals surface area contributed by atoms with Crippen molar-refractivity contribution in [2.75, 3.05) is 13.6 Å². The Morgan fingerprint density at radius 2 is 2.11 bits per heavy atom. The molecule has 0 aromatic heterocycles. The number of likely N-dealkylation sites (N-methyl/N-ethyl adjacent to an activating group) is 1. The highest BCUT2D eigenvalue weighted by atomic mass is 16.5. The third-order valence-electron chi connectivity index (χ3n) is 3.72. The van der Waals surface area contributed by atoms with Crippen LogP contribution in [-0.2, 0) is 11.2 Å². The molecule has 0 fully saturated rings. The van der Waals surface area contributed by atoms with Gasteiger partial charge < -0.3 is 15.4 Å². The molecule has 0 radical (unpaired) electrons. The highest BCUT2D eigenvalue weighted by Crippen LogP contribution is 2.31. The third-order valence-corrected chi connectivity index (χ3v) is 3.72. The standard InChI is InChI=1S/C15H22N2O2/c1-9-5-12-7-14(19-13(12)6-10(9)2)15(18)17-8-11(3)16-4/h5-6,11,14,16H,7-8H2,1-4H3,(H,17,18). The molecule has 2 N–H and O–H groups in total. The van der Waals surface area contributed by atoms with E-state index in [9.17, 15) is 4.79 Å². The number of carbonyl (C=O) groups is 1. The molecule has 2 atom stereocenters. The molecule has 0 bridgehead atoms. The van der Waals surface area contributed by atoms with Crippen LogP contribution in [0.2, 0.25) is 0 Å². The van der Waals surface area contributed by atoms with Crippen LogP contribution in [0.5, 0.6) is 5.75 Å². The number of rotatable bonds is 4. The molecule has 1 aromatic rings. The Bertz CT molecular complexity index is 454. The molecule has 1 amide bonds. The van der Waals surface area contributed by atoms with Gasteiger partial charge in [0.2, 0.25) is 0 Å². The van der Waals surface area contributed by atoms with Crippen molar-refractivity contribution in [1.82, 2.24) is 10.6 Å². The zero-order valence-corrected chi connectivity index (χ0v) is 12.0. The van der Waals surface area contributed by atoms with Crippen LogP contribution in [0.4, 0.5) is 0 Å². The summed E-state index contributed by atoms with van der Waals surface area (Å²) in [7, 11) is 1.88. The van der Waals surface area contributed by atoms with Crippen LogP contribution >= 0.6 is 0 Å². The quantitative estimate of drug-likeness (QED) is 0.860. The molecule has 1 aromatic carbocycles. The number of hydrogen-bond acceptors (Lipinski definition) is 3. The molecule has 1 heterocycles. The Kier molecular flexibility index (Phi) is 4.10. The molecule has 2 unspecified atom stereocenters. The minimum atomic E-state index is -0.389. The van der Waals surface area contributed by atoms with Crippen molar-refractivity contribution >= 4 is 5.91 Å². The van der Waals surface area contributed by atoms with E-state index in [4.69, 9.17) is 4.74 Å². The van der Waals surface area contributed by atoms with Gasteiger partial charge in [-0.3, -0.25) is 4.79 Å². The number of hydrogen-bond donors (Lipinski definition) is 2. The lowest BCUT2D eigenvalue weighted by Gasteiger charge is -2.14. The summed E-state index contributed by atoms with van der Waals surface area (Å²) in [6.45, 7) is 6.78. The van der Waals surface area contributed by atoms with Crippen LogP contribution in [0.1, 0.15) is 23.6 Å². The summed E-state index contributed by atoms with van der Waals surface area (Å²) in [6, 6.07) is 4.40. The van der Waals surface area contributed by atoms with Crippen molar-refractivity contribution in [3.05, 3.63) is 28.8 Å². The molecule has 1 aliphatic heterocycles. The maximum Gasteiger partial charge on any atom is 0.261 e. The van der Waals surface area contributed by atoms with Crippen molar-refractivity contribution < 1.29 is 9.53 Å². The Hall–Kier alpha value is -1.55. The van der Waals surface area contributed by atoms with Crippen LogP contribution in [0.25, 0.3) is 0 Å². The lowest BCUT2D eigenvalue weighted by Crippen LogP contribution is -2.43. The molecular formula is C15H22N2O2. The van der Waals surface area contributed by atoms with E-state index in [1.54, 1.807) is 0 Å². The topological polar surface area (TPSA) is 50.4 Å². The number of ether oxygens (including phenoxy) is 1. The molecule has 0 saturated heterocycles. The molecule has 2 rings (SSSR count). The summed E-state index contributed by atoms with van der Waals surface area (Å²) in [5.41, 5.74) is 3.57. The van der Waals surface area contributed by atoms with Crippen molar-refractivity contribution in [3.63, 3.8) is 0 Å². The van der Waals surface area contributed by atoms with Crippen molar-refractivity contribution in [1.29, 1.82) is 0 Å². The van der Waals surface area contributed by atoms with E-state index in [-0.39, 0.29) is 18.1 Å². The normalized spacial score (nSPS) is 18.6. The molecule has 4 heteroatoms. The van der Waals surface area contributed by atoms with E-state index in [1.807, 2.05) is 20.0 Å². The first-order valence-corrected chi connectivity index (χ1v) is 6.73. The summed E-state index contributed by atoms with van der Waals surface area (Å²) in [6.07, 6.45) is 0.274. The SMILES string of the molecule is CNC(C)CNC(=O)C1Cc2cc(C)c(C)cc2O1. The van der Waals surface area contributed by atoms with Gasteiger partial charge in [-0.25, -0.2) is 0 Å². The van der Waals surface area contributed by atoms with Crippen molar-refractivity contribution in [2.45, 2.75) is 39.3 Å². The van der Waals surface area contributed by atoms with Crippen LogP contribution in [0.3, 0.4) is 0 Å². The lowest BCUT2D eigenvalue weighted by molar-refractivity contribution is -0.127. The van der Waals surface area contributed by atoms with Crippen LogP contribution in [-0.4, -0.2) is 31.6 Å². The van der Waals surface area contributed by atoms with Crippen LogP contribution in [0, 0.1) is 13.8 Å². The van der Waals surface area contributed by atoms with E-state index in [0.717, 1.165) is 11.3 Å². The Morgan fingerprint density at radius 1 is 1.42 bits per heavy atom. The van der Waals surface area contributed by atoms with Crippen molar-refractivity contribution in [2.24, 2.45) is 0 Å². The minimum Gasteiger partial charge on any atom is -0.480 e. The van der Waals surface area contributed by atoms with E-state index >= 15 is 0 Å². The monoisotopic (exact) mass is 262 g/mol. The third kappa shape index (κ3) is 3.07. The largest absolute Gasteiger partial charge is 0.480 e. The first-order chi connectivity index (χ1) is 9.01. The van der Waals surface area contributed by atoms with E-state index < -0.39 is 0 Å². The Balaban J connectivity index is 1.98. The van der Waals surface area contributed by atoms with Gasteiger partial charge in [-0.1, -0.05) is 6.07 Å². The molecule has 0 saturated carbocycles. The second kappa shape index (κ2) is 5.61. The second-order valence-corrected chi connectivity index (χ2v) is 5.29. The average Bonchev–Trinajstić information content (AvgIpc) is 2.79. The molecule has 104 valence electrons. The molecule has 1 aliphatic rings. The first kappa shape index (κ1) is 13.9. The second-order valence-electron chi connectivity index (χ2n) is 5.29. The van der Waals surface area contributed by atoms with Gasteiger partial charge in [-0.05, 0) is 50.6 Å². The highest BCUT2D eigenvalue weighted by molar-refractivity contribution is 5.82. The lowest BCUT2D eigenvalue weighted by atomic mass is 10.0. The summed E-state index contributed by atoms with van der Waals surface area (Å²) in [5, 5.41) is 6.00. The summed E-state index contributed by atoms with van der Waals surface area (Å²) >= 11 is 0. The zero-order chi connectivity index (χ0) is 14.0. The maximum atomic E-state index is 12.0. The van der Waals surface area contributed by atoms with E-state index in [2.05, 4.69) is 30.5 Å². The predicted molar refractivity (Wildman–Crippen MR) is 75.6 cm³/mol. The summed E-state index contributed by atoms with van der Waals surface area (Å²) < 4.78 is 5.74. The van der Waals surface area contributed by atoms with Gasteiger partial charge >= 0.3 is 0 Å². The van der Waals surface area contributed by atoms with E-state index in [1.165, 1.54) is 11.1 Å². The Morgan fingerprint density at radius 3 is 2.79 bits per heavy atom. The first-order valence-electron chi connectivity index (χ1n) is 6.73. The van der Waals surface area contributed by atoms with Gasteiger partial charge in [0, 0.05) is 19.0 Å². The maximum absolute atomic E-state index is 12.0. The number of aryl methyl sites for hydroxylation is 2. The molecule has 4 nitrogen and oxygen atoms in total.